The highest BCUT2D eigenvalue weighted by Crippen LogP contribution is 2.23. The topological polar surface area (TPSA) is 95.1 Å². The van der Waals surface area contributed by atoms with E-state index >= 15 is 0 Å². The number of anilines is 1. The molecule has 0 atom stereocenters. The standard InChI is InChI=1S/C17H15N3O3/c21-15(8-9-16(22)23)18-12-5-3-4-11(10-12)17-19-13-6-1-2-7-14(13)20-17/h1-7,10H,8-9H2,(H,18,21)(H,19,20)(H,22,23). The van der Waals surface area contributed by atoms with Gasteiger partial charge >= 0.3 is 5.97 Å². The van der Waals surface area contributed by atoms with Crippen LogP contribution in [0.15, 0.2) is 48.5 Å². The Morgan fingerprint density at radius 1 is 1.09 bits per heavy atom. The van der Waals surface area contributed by atoms with Crippen molar-refractivity contribution < 1.29 is 14.7 Å². The fourth-order valence-electron chi connectivity index (χ4n) is 2.28. The van der Waals surface area contributed by atoms with Crippen LogP contribution in [0.3, 0.4) is 0 Å². The summed E-state index contributed by atoms with van der Waals surface area (Å²) in [4.78, 5) is 29.9. The van der Waals surface area contributed by atoms with Gasteiger partial charge in [-0.1, -0.05) is 24.3 Å². The van der Waals surface area contributed by atoms with E-state index in [1.165, 1.54) is 0 Å². The van der Waals surface area contributed by atoms with Gasteiger partial charge in [-0.3, -0.25) is 9.59 Å². The third-order valence-electron chi connectivity index (χ3n) is 3.38. The number of carboxylic acids is 1. The van der Waals surface area contributed by atoms with Crippen LogP contribution in [0, 0.1) is 0 Å². The summed E-state index contributed by atoms with van der Waals surface area (Å²) in [7, 11) is 0. The lowest BCUT2D eigenvalue weighted by molar-refractivity contribution is -0.138. The summed E-state index contributed by atoms with van der Waals surface area (Å²) in [5.74, 6) is -0.599. The summed E-state index contributed by atoms with van der Waals surface area (Å²) < 4.78 is 0. The Labute approximate surface area is 132 Å². The number of carbonyl (C=O) groups excluding carboxylic acids is 1. The van der Waals surface area contributed by atoms with Crippen molar-refractivity contribution in [3.05, 3.63) is 48.5 Å². The Morgan fingerprint density at radius 2 is 1.91 bits per heavy atom. The molecule has 0 saturated carbocycles. The van der Waals surface area contributed by atoms with Crippen molar-refractivity contribution in [1.29, 1.82) is 0 Å². The van der Waals surface area contributed by atoms with Crippen LogP contribution in [-0.4, -0.2) is 27.0 Å². The second-order valence-corrected chi connectivity index (χ2v) is 5.13. The zero-order valence-corrected chi connectivity index (χ0v) is 12.2. The third kappa shape index (κ3) is 3.55. The quantitative estimate of drug-likeness (QED) is 0.675. The van der Waals surface area contributed by atoms with Crippen LogP contribution in [0.2, 0.25) is 0 Å². The first-order chi connectivity index (χ1) is 11.1. The summed E-state index contributed by atoms with van der Waals surface area (Å²) >= 11 is 0. The molecule has 1 aromatic heterocycles. The molecule has 23 heavy (non-hydrogen) atoms. The average molecular weight is 309 g/mol. The van der Waals surface area contributed by atoms with Crippen molar-refractivity contribution in [3.63, 3.8) is 0 Å². The molecule has 3 rings (SSSR count). The van der Waals surface area contributed by atoms with Gasteiger partial charge in [0.1, 0.15) is 5.82 Å². The third-order valence-corrected chi connectivity index (χ3v) is 3.38. The number of hydrogen-bond acceptors (Lipinski definition) is 3. The van der Waals surface area contributed by atoms with Gasteiger partial charge in [-0.15, -0.1) is 0 Å². The number of carbonyl (C=O) groups is 2. The molecule has 0 saturated heterocycles. The number of carboxylic acid groups (broad SMARTS) is 1. The molecule has 1 heterocycles. The molecule has 1 amide bonds. The number of imidazole rings is 1. The molecule has 3 aromatic rings. The van der Waals surface area contributed by atoms with E-state index < -0.39 is 5.97 Å². The number of aliphatic carboxylic acids is 1. The number of H-pyrrole nitrogens is 1. The molecule has 116 valence electrons. The number of nitrogens with zero attached hydrogens (tertiary/aromatic N) is 1. The molecule has 0 bridgehead atoms. The maximum Gasteiger partial charge on any atom is 0.303 e. The van der Waals surface area contributed by atoms with Crippen molar-refractivity contribution in [1.82, 2.24) is 9.97 Å². The monoisotopic (exact) mass is 309 g/mol. The molecule has 0 spiro atoms. The second-order valence-electron chi connectivity index (χ2n) is 5.13. The van der Waals surface area contributed by atoms with Gasteiger partial charge < -0.3 is 15.4 Å². The number of hydrogen-bond donors (Lipinski definition) is 3. The molecular weight excluding hydrogens is 294 g/mol. The van der Waals surface area contributed by atoms with Crippen molar-refractivity contribution >= 4 is 28.6 Å². The highest BCUT2D eigenvalue weighted by molar-refractivity contribution is 5.93. The molecule has 0 fully saturated rings. The Morgan fingerprint density at radius 3 is 2.70 bits per heavy atom. The number of nitrogens with one attached hydrogen (secondary N) is 2. The number of aromatic amines is 1. The lowest BCUT2D eigenvalue weighted by Crippen LogP contribution is -2.13. The summed E-state index contributed by atoms with van der Waals surface area (Å²) in [6, 6.07) is 15.0. The van der Waals surface area contributed by atoms with Gasteiger partial charge in [0.15, 0.2) is 0 Å². The highest BCUT2D eigenvalue weighted by atomic mass is 16.4. The summed E-state index contributed by atoms with van der Waals surface area (Å²) in [5, 5.41) is 11.3. The van der Waals surface area contributed by atoms with Crippen LogP contribution in [0.4, 0.5) is 5.69 Å². The zero-order valence-electron chi connectivity index (χ0n) is 12.2. The molecule has 0 aliphatic heterocycles. The van der Waals surface area contributed by atoms with E-state index in [1.54, 1.807) is 12.1 Å². The highest BCUT2D eigenvalue weighted by Gasteiger charge is 2.08. The van der Waals surface area contributed by atoms with E-state index in [2.05, 4.69) is 15.3 Å². The van der Waals surface area contributed by atoms with Gasteiger partial charge in [0.05, 0.1) is 17.5 Å². The number of fused-ring (bicyclic) bond motifs is 1. The first kappa shape index (κ1) is 14.8. The van der Waals surface area contributed by atoms with Crippen LogP contribution < -0.4 is 5.32 Å². The van der Waals surface area contributed by atoms with Gasteiger partial charge in [0.25, 0.3) is 0 Å². The van der Waals surface area contributed by atoms with Gasteiger partial charge in [-0.25, -0.2) is 4.98 Å². The van der Waals surface area contributed by atoms with E-state index in [4.69, 9.17) is 5.11 Å². The zero-order chi connectivity index (χ0) is 16.2. The number of benzene rings is 2. The second kappa shape index (κ2) is 6.31. The van der Waals surface area contributed by atoms with Gasteiger partial charge in [0.2, 0.25) is 5.91 Å². The minimum Gasteiger partial charge on any atom is -0.481 e. The van der Waals surface area contributed by atoms with E-state index in [1.807, 2.05) is 36.4 Å². The fourth-order valence-corrected chi connectivity index (χ4v) is 2.28. The predicted octanol–water partition coefficient (Wildman–Crippen LogP) is 3.03. The SMILES string of the molecule is O=C(O)CCC(=O)Nc1cccc(-c2nc3ccccc3[nH]2)c1. The number of aromatic nitrogens is 2. The van der Waals surface area contributed by atoms with Crippen LogP contribution in [0.5, 0.6) is 0 Å². The summed E-state index contributed by atoms with van der Waals surface area (Å²) in [5.41, 5.74) is 3.27. The van der Waals surface area contributed by atoms with E-state index in [9.17, 15) is 9.59 Å². The van der Waals surface area contributed by atoms with Crippen molar-refractivity contribution in [2.45, 2.75) is 12.8 Å². The molecule has 2 aromatic carbocycles. The Balaban J connectivity index is 1.79. The smallest absolute Gasteiger partial charge is 0.303 e. The maximum atomic E-state index is 11.7. The first-order valence-electron chi connectivity index (χ1n) is 7.18. The molecule has 0 radical (unpaired) electrons. The first-order valence-corrected chi connectivity index (χ1v) is 7.18. The summed E-state index contributed by atoms with van der Waals surface area (Å²) in [6.07, 6.45) is -0.237. The van der Waals surface area contributed by atoms with E-state index in [-0.39, 0.29) is 18.7 Å². The molecule has 6 nitrogen and oxygen atoms in total. The number of amides is 1. The summed E-state index contributed by atoms with van der Waals surface area (Å²) in [6.45, 7) is 0. The molecule has 6 heteroatoms. The molecule has 0 unspecified atom stereocenters. The molecule has 3 N–H and O–H groups in total. The maximum absolute atomic E-state index is 11.7. The van der Waals surface area contributed by atoms with E-state index in [0.29, 0.717) is 11.5 Å². The lowest BCUT2D eigenvalue weighted by atomic mass is 10.2. The minimum atomic E-state index is -0.990. The van der Waals surface area contributed by atoms with Crippen molar-refractivity contribution in [3.8, 4) is 11.4 Å². The fraction of sp³-hybridized carbons (Fsp3) is 0.118. The van der Waals surface area contributed by atoms with Crippen LogP contribution >= 0.6 is 0 Å². The van der Waals surface area contributed by atoms with Crippen molar-refractivity contribution in [2.75, 3.05) is 5.32 Å². The lowest BCUT2D eigenvalue weighted by Gasteiger charge is -2.05. The molecule has 0 aliphatic carbocycles. The molecule has 0 aliphatic rings. The van der Waals surface area contributed by atoms with Gasteiger partial charge in [0, 0.05) is 17.7 Å². The molecular formula is C17H15N3O3. The van der Waals surface area contributed by atoms with Crippen LogP contribution in [0.25, 0.3) is 22.4 Å². The van der Waals surface area contributed by atoms with Crippen LogP contribution in [0.1, 0.15) is 12.8 Å². The van der Waals surface area contributed by atoms with Crippen LogP contribution in [-0.2, 0) is 9.59 Å². The Kier molecular flexibility index (Phi) is 4.05. The van der Waals surface area contributed by atoms with Gasteiger partial charge in [-0.05, 0) is 24.3 Å². The average Bonchev–Trinajstić information content (AvgIpc) is 2.97. The number of rotatable bonds is 5. The predicted molar refractivity (Wildman–Crippen MR) is 87.0 cm³/mol. The largest absolute Gasteiger partial charge is 0.481 e. The Hall–Kier alpha value is -3.15. The minimum absolute atomic E-state index is 0.0514. The Bertz CT molecular complexity index is 837. The number of para-hydroxylation sites is 2. The van der Waals surface area contributed by atoms with E-state index in [0.717, 1.165) is 16.6 Å². The van der Waals surface area contributed by atoms with Crippen molar-refractivity contribution in [2.24, 2.45) is 0 Å². The normalized spacial score (nSPS) is 10.6. The van der Waals surface area contributed by atoms with Gasteiger partial charge in [-0.2, -0.15) is 0 Å².